The normalized spacial score (nSPS) is 20.4. The molecule has 1 aliphatic rings. The second-order valence-corrected chi connectivity index (χ2v) is 3.92. The second-order valence-electron chi connectivity index (χ2n) is 3.92. The molecule has 1 unspecified atom stereocenters. The summed E-state index contributed by atoms with van der Waals surface area (Å²) in [6.07, 6.45) is 4.56. The Morgan fingerprint density at radius 2 is 2.00 bits per heavy atom. The van der Waals surface area contributed by atoms with Crippen LogP contribution in [0.4, 0.5) is 0 Å². The van der Waals surface area contributed by atoms with Crippen LogP contribution in [-0.4, -0.2) is 35.4 Å². The summed E-state index contributed by atoms with van der Waals surface area (Å²) >= 11 is 0. The Morgan fingerprint density at radius 3 is 2.57 bits per heavy atom. The van der Waals surface area contributed by atoms with Crippen LogP contribution < -0.4 is 5.32 Å². The molecule has 1 fully saturated rings. The van der Waals surface area contributed by atoms with E-state index in [2.05, 4.69) is 5.32 Å². The highest BCUT2D eigenvalue weighted by Crippen LogP contribution is 2.23. The number of hydrogen-bond donors (Lipinski definition) is 3. The summed E-state index contributed by atoms with van der Waals surface area (Å²) in [5.41, 5.74) is 0. The maximum atomic E-state index is 11.5. The van der Waals surface area contributed by atoms with Gasteiger partial charge in [0.05, 0.1) is 12.7 Å². The Hall–Kier alpha value is -0.610. The van der Waals surface area contributed by atoms with E-state index >= 15 is 0 Å². The molecule has 0 aromatic heterocycles. The van der Waals surface area contributed by atoms with Crippen LogP contribution in [0.25, 0.3) is 0 Å². The van der Waals surface area contributed by atoms with Crippen LogP contribution in [0.15, 0.2) is 0 Å². The van der Waals surface area contributed by atoms with E-state index in [1.54, 1.807) is 0 Å². The lowest BCUT2D eigenvalue weighted by atomic mass is 9.89. The summed E-state index contributed by atoms with van der Waals surface area (Å²) in [6, 6.07) is 0. The summed E-state index contributed by atoms with van der Waals surface area (Å²) in [5, 5.41) is 20.3. The van der Waals surface area contributed by atoms with Crippen LogP contribution >= 0.6 is 0 Å². The van der Waals surface area contributed by atoms with Crippen molar-refractivity contribution >= 4 is 5.91 Å². The van der Waals surface area contributed by atoms with E-state index in [1.807, 2.05) is 0 Å². The molecule has 0 aliphatic heterocycles. The largest absolute Gasteiger partial charge is 0.394 e. The fourth-order valence-electron chi connectivity index (χ4n) is 1.79. The van der Waals surface area contributed by atoms with Gasteiger partial charge in [0, 0.05) is 12.5 Å². The monoisotopic (exact) mass is 201 g/mol. The summed E-state index contributed by atoms with van der Waals surface area (Å²) in [7, 11) is 0. The number of rotatable bonds is 4. The first-order valence-electron chi connectivity index (χ1n) is 5.30. The molecule has 1 atom stereocenters. The van der Waals surface area contributed by atoms with Gasteiger partial charge in [-0.2, -0.15) is 0 Å². The Bertz CT molecular complexity index is 178. The molecule has 1 aliphatic carbocycles. The van der Waals surface area contributed by atoms with Crippen molar-refractivity contribution in [3.05, 3.63) is 0 Å². The van der Waals surface area contributed by atoms with E-state index in [4.69, 9.17) is 10.2 Å². The molecule has 0 heterocycles. The number of carbonyl (C=O) groups is 1. The molecule has 0 aromatic rings. The van der Waals surface area contributed by atoms with Crippen molar-refractivity contribution in [2.24, 2.45) is 5.92 Å². The van der Waals surface area contributed by atoms with Gasteiger partial charge in [0.2, 0.25) is 5.91 Å². The van der Waals surface area contributed by atoms with E-state index < -0.39 is 6.10 Å². The predicted octanol–water partition coefficient (Wildman–Crippen LogP) is 0.0361. The smallest absolute Gasteiger partial charge is 0.223 e. The summed E-state index contributed by atoms with van der Waals surface area (Å²) in [4.78, 5) is 11.5. The minimum absolute atomic E-state index is 0.0252. The summed E-state index contributed by atoms with van der Waals surface area (Å²) in [6.45, 7) is -0.142. The molecule has 3 N–H and O–H groups in total. The van der Waals surface area contributed by atoms with Gasteiger partial charge in [-0.15, -0.1) is 0 Å². The highest BCUT2D eigenvalue weighted by atomic mass is 16.3. The second kappa shape index (κ2) is 5.98. The van der Waals surface area contributed by atoms with Crippen LogP contribution in [0, 0.1) is 5.92 Å². The van der Waals surface area contributed by atoms with Crippen molar-refractivity contribution < 1.29 is 15.0 Å². The van der Waals surface area contributed by atoms with E-state index in [-0.39, 0.29) is 25.0 Å². The molecule has 82 valence electrons. The van der Waals surface area contributed by atoms with Gasteiger partial charge in [0.25, 0.3) is 0 Å². The van der Waals surface area contributed by atoms with Crippen molar-refractivity contribution in [1.82, 2.24) is 5.32 Å². The Morgan fingerprint density at radius 1 is 1.36 bits per heavy atom. The maximum Gasteiger partial charge on any atom is 0.223 e. The zero-order valence-corrected chi connectivity index (χ0v) is 8.41. The minimum atomic E-state index is -0.831. The number of nitrogens with one attached hydrogen (secondary N) is 1. The Labute approximate surface area is 84.3 Å². The molecule has 0 spiro atoms. The summed E-state index contributed by atoms with van der Waals surface area (Å²) in [5.74, 6) is 0.145. The average molecular weight is 201 g/mol. The molecule has 0 saturated heterocycles. The van der Waals surface area contributed by atoms with E-state index in [0.717, 1.165) is 25.7 Å². The highest BCUT2D eigenvalue weighted by molar-refractivity contribution is 5.78. The molecule has 4 heteroatoms. The van der Waals surface area contributed by atoms with E-state index in [0.29, 0.717) is 0 Å². The number of hydrogen-bond acceptors (Lipinski definition) is 3. The van der Waals surface area contributed by atoms with Crippen LogP contribution in [0.2, 0.25) is 0 Å². The van der Waals surface area contributed by atoms with Gasteiger partial charge in [-0.3, -0.25) is 4.79 Å². The third kappa shape index (κ3) is 3.64. The molecular weight excluding hydrogens is 182 g/mol. The zero-order chi connectivity index (χ0) is 10.4. The standard InChI is InChI=1S/C10H19NO3/c12-7-9(13)6-11-10(14)8-4-2-1-3-5-8/h8-9,12-13H,1-7H2,(H,11,14). The number of aliphatic hydroxyl groups excluding tert-OH is 2. The fraction of sp³-hybridized carbons (Fsp3) is 0.900. The maximum absolute atomic E-state index is 11.5. The van der Waals surface area contributed by atoms with Gasteiger partial charge in [-0.05, 0) is 12.8 Å². The topological polar surface area (TPSA) is 69.6 Å². The molecule has 1 amide bonds. The third-order valence-electron chi connectivity index (χ3n) is 2.70. The van der Waals surface area contributed by atoms with E-state index in [1.165, 1.54) is 6.42 Å². The first-order valence-corrected chi connectivity index (χ1v) is 5.30. The molecule has 1 rings (SSSR count). The lowest BCUT2D eigenvalue weighted by Crippen LogP contribution is -2.38. The van der Waals surface area contributed by atoms with Gasteiger partial charge in [0.15, 0.2) is 0 Å². The molecule has 4 nitrogen and oxygen atoms in total. The predicted molar refractivity (Wildman–Crippen MR) is 52.7 cm³/mol. The van der Waals surface area contributed by atoms with Gasteiger partial charge in [-0.25, -0.2) is 0 Å². The van der Waals surface area contributed by atoms with Crippen molar-refractivity contribution in [2.75, 3.05) is 13.2 Å². The van der Waals surface area contributed by atoms with Crippen LogP contribution in [-0.2, 0) is 4.79 Å². The van der Waals surface area contributed by atoms with Crippen LogP contribution in [0.3, 0.4) is 0 Å². The van der Waals surface area contributed by atoms with Crippen molar-refractivity contribution in [1.29, 1.82) is 0 Å². The van der Waals surface area contributed by atoms with Gasteiger partial charge >= 0.3 is 0 Å². The quantitative estimate of drug-likeness (QED) is 0.601. The van der Waals surface area contributed by atoms with E-state index in [9.17, 15) is 4.79 Å². The Balaban J connectivity index is 2.19. The molecule has 0 aromatic carbocycles. The number of aliphatic hydroxyl groups is 2. The van der Waals surface area contributed by atoms with Crippen LogP contribution in [0.5, 0.6) is 0 Å². The molecule has 14 heavy (non-hydrogen) atoms. The van der Waals surface area contributed by atoms with Gasteiger partial charge in [0.1, 0.15) is 0 Å². The molecular formula is C10H19NO3. The minimum Gasteiger partial charge on any atom is -0.394 e. The molecule has 0 radical (unpaired) electrons. The number of carbonyl (C=O) groups excluding carboxylic acids is 1. The highest BCUT2D eigenvalue weighted by Gasteiger charge is 2.20. The van der Waals surface area contributed by atoms with Gasteiger partial charge in [-0.1, -0.05) is 19.3 Å². The van der Waals surface area contributed by atoms with Crippen LogP contribution in [0.1, 0.15) is 32.1 Å². The summed E-state index contributed by atoms with van der Waals surface area (Å²) < 4.78 is 0. The lowest BCUT2D eigenvalue weighted by Gasteiger charge is -2.21. The van der Waals surface area contributed by atoms with Crippen molar-refractivity contribution in [2.45, 2.75) is 38.2 Å². The third-order valence-corrected chi connectivity index (χ3v) is 2.70. The Kier molecular flexibility index (Phi) is 4.90. The zero-order valence-electron chi connectivity index (χ0n) is 8.41. The van der Waals surface area contributed by atoms with Crippen molar-refractivity contribution in [3.63, 3.8) is 0 Å². The molecule has 1 saturated carbocycles. The SMILES string of the molecule is O=C(NCC(O)CO)C1CCCCC1. The fourth-order valence-corrected chi connectivity index (χ4v) is 1.79. The molecule has 0 bridgehead atoms. The first-order chi connectivity index (χ1) is 6.74. The number of amides is 1. The van der Waals surface area contributed by atoms with Crippen molar-refractivity contribution in [3.8, 4) is 0 Å². The average Bonchev–Trinajstić information content (AvgIpc) is 2.26. The lowest BCUT2D eigenvalue weighted by molar-refractivity contribution is -0.126. The van der Waals surface area contributed by atoms with Gasteiger partial charge < -0.3 is 15.5 Å². The first kappa shape index (κ1) is 11.5.